The normalized spacial score (nSPS) is 13.7. The molecule has 1 fully saturated rings. The highest BCUT2D eigenvalue weighted by Crippen LogP contribution is 2.36. The molecule has 2 aromatic heterocycles. The number of thiazole rings is 1. The maximum absolute atomic E-state index is 13.2. The highest BCUT2D eigenvalue weighted by molar-refractivity contribution is 7.07. The van der Waals surface area contributed by atoms with Crippen LogP contribution >= 0.6 is 11.3 Å². The molecule has 166 valence electrons. The molecule has 0 radical (unpaired) electrons. The lowest BCUT2D eigenvalue weighted by molar-refractivity contribution is -0.385. The number of nitrogens with zero attached hydrogens (tertiary/aromatic N) is 5. The number of carbonyl (C=O) groups excluding carboxylic acids is 1. The van der Waals surface area contributed by atoms with Gasteiger partial charge in [-0.25, -0.2) is 9.97 Å². The van der Waals surface area contributed by atoms with Gasteiger partial charge in [0.1, 0.15) is 18.0 Å². The molecule has 11 heteroatoms. The second-order valence-electron chi connectivity index (χ2n) is 7.01. The van der Waals surface area contributed by atoms with Crippen molar-refractivity contribution in [2.75, 3.05) is 38.2 Å². The van der Waals surface area contributed by atoms with Crippen LogP contribution in [0.1, 0.15) is 16.1 Å². The number of aromatic nitrogens is 2. The summed E-state index contributed by atoms with van der Waals surface area (Å²) in [6.07, 6.45) is 1.72. The first kappa shape index (κ1) is 21.5. The summed E-state index contributed by atoms with van der Waals surface area (Å²) in [5, 5.41) is 13.6. The first-order chi connectivity index (χ1) is 15.6. The molecular formula is C21H21N5O5S. The third-order valence-corrected chi connectivity index (χ3v) is 5.74. The van der Waals surface area contributed by atoms with E-state index in [4.69, 9.17) is 9.47 Å². The zero-order chi connectivity index (χ0) is 22.5. The van der Waals surface area contributed by atoms with Crippen LogP contribution < -0.4 is 14.4 Å². The van der Waals surface area contributed by atoms with E-state index < -0.39 is 10.8 Å². The molecule has 10 nitrogen and oxygen atoms in total. The summed E-state index contributed by atoms with van der Waals surface area (Å²) in [7, 11) is 1.43. The number of ether oxygens (including phenoxy) is 2. The predicted molar refractivity (Wildman–Crippen MR) is 118 cm³/mol. The van der Waals surface area contributed by atoms with Crippen molar-refractivity contribution < 1.29 is 19.2 Å². The Kier molecular flexibility index (Phi) is 6.45. The Balaban J connectivity index is 1.53. The van der Waals surface area contributed by atoms with Crippen LogP contribution in [0.25, 0.3) is 0 Å². The average molecular weight is 455 g/mol. The molecular weight excluding hydrogens is 434 g/mol. The number of pyridine rings is 1. The highest BCUT2D eigenvalue weighted by atomic mass is 32.1. The third-order valence-electron chi connectivity index (χ3n) is 5.11. The molecule has 0 atom stereocenters. The van der Waals surface area contributed by atoms with Gasteiger partial charge in [-0.3, -0.25) is 14.9 Å². The molecule has 1 aliphatic heterocycles. The van der Waals surface area contributed by atoms with Gasteiger partial charge in [-0.2, -0.15) is 0 Å². The third kappa shape index (κ3) is 4.62. The topological polar surface area (TPSA) is 111 Å². The minimum absolute atomic E-state index is 0.0286. The van der Waals surface area contributed by atoms with Crippen LogP contribution in [-0.2, 0) is 6.61 Å². The summed E-state index contributed by atoms with van der Waals surface area (Å²) < 4.78 is 11.0. The Bertz CT molecular complexity index is 1090. The van der Waals surface area contributed by atoms with Crippen molar-refractivity contribution in [1.82, 2.24) is 14.9 Å². The van der Waals surface area contributed by atoms with E-state index in [0.717, 1.165) is 5.82 Å². The lowest BCUT2D eigenvalue weighted by atomic mass is 10.1. The van der Waals surface area contributed by atoms with Gasteiger partial charge in [-0.05, 0) is 12.1 Å². The van der Waals surface area contributed by atoms with E-state index in [1.807, 2.05) is 23.6 Å². The SMILES string of the molecule is COc1cc(C(=O)N2CCN(c3ccccn3)CC2)c([N+](=O)[O-])cc1OCc1cscn1. The maximum atomic E-state index is 13.2. The Hall–Kier alpha value is -3.73. The fourth-order valence-electron chi connectivity index (χ4n) is 3.45. The number of carbonyl (C=O) groups is 1. The minimum Gasteiger partial charge on any atom is -0.493 e. The van der Waals surface area contributed by atoms with Gasteiger partial charge in [-0.1, -0.05) is 6.07 Å². The van der Waals surface area contributed by atoms with Crippen LogP contribution in [-0.4, -0.2) is 59.0 Å². The number of rotatable bonds is 7. The van der Waals surface area contributed by atoms with Crippen molar-refractivity contribution in [3.63, 3.8) is 0 Å². The molecule has 0 unspecified atom stereocenters. The summed E-state index contributed by atoms with van der Waals surface area (Å²) in [6.45, 7) is 2.17. The monoisotopic (exact) mass is 455 g/mol. The molecule has 0 saturated carbocycles. The van der Waals surface area contributed by atoms with E-state index >= 15 is 0 Å². The van der Waals surface area contributed by atoms with Crippen molar-refractivity contribution >= 4 is 28.7 Å². The zero-order valence-electron chi connectivity index (χ0n) is 17.3. The van der Waals surface area contributed by atoms with Gasteiger partial charge in [0.05, 0.1) is 29.3 Å². The van der Waals surface area contributed by atoms with Crippen molar-refractivity contribution in [3.8, 4) is 11.5 Å². The largest absolute Gasteiger partial charge is 0.493 e. The van der Waals surface area contributed by atoms with Gasteiger partial charge < -0.3 is 19.3 Å². The number of amides is 1. The van der Waals surface area contributed by atoms with E-state index in [-0.39, 0.29) is 29.4 Å². The smallest absolute Gasteiger partial charge is 0.286 e. The summed E-state index contributed by atoms with van der Waals surface area (Å²) in [6, 6.07) is 8.29. The lowest BCUT2D eigenvalue weighted by Gasteiger charge is -2.35. The molecule has 0 spiro atoms. The number of nitro groups is 1. The fourth-order valence-corrected chi connectivity index (χ4v) is 4.00. The van der Waals surface area contributed by atoms with Crippen LogP contribution in [0.15, 0.2) is 47.4 Å². The Labute approximate surface area is 188 Å². The van der Waals surface area contributed by atoms with E-state index in [1.165, 1.54) is 30.6 Å². The molecule has 0 N–H and O–H groups in total. The first-order valence-electron chi connectivity index (χ1n) is 9.88. The molecule has 1 aromatic carbocycles. The molecule has 1 aliphatic rings. The molecule has 3 aromatic rings. The molecule has 4 rings (SSSR count). The van der Waals surface area contributed by atoms with E-state index in [1.54, 1.807) is 16.6 Å². The molecule has 3 heterocycles. The number of hydrogen-bond donors (Lipinski definition) is 0. The maximum Gasteiger partial charge on any atom is 0.286 e. The molecule has 1 amide bonds. The quantitative estimate of drug-likeness (QED) is 0.395. The second-order valence-corrected chi connectivity index (χ2v) is 7.73. The number of anilines is 1. The van der Waals surface area contributed by atoms with Gasteiger partial charge in [0, 0.05) is 43.8 Å². The summed E-state index contributed by atoms with van der Waals surface area (Å²) in [5.74, 6) is 0.862. The summed E-state index contributed by atoms with van der Waals surface area (Å²) in [5.41, 5.74) is 2.02. The number of hydrogen-bond acceptors (Lipinski definition) is 9. The Morgan fingerprint density at radius 1 is 1.19 bits per heavy atom. The first-order valence-corrected chi connectivity index (χ1v) is 10.8. The van der Waals surface area contributed by atoms with Gasteiger partial charge >= 0.3 is 0 Å². The zero-order valence-corrected chi connectivity index (χ0v) is 18.2. The van der Waals surface area contributed by atoms with Crippen molar-refractivity contribution in [3.05, 3.63) is 68.8 Å². The lowest BCUT2D eigenvalue weighted by Crippen LogP contribution is -2.49. The fraction of sp³-hybridized carbons (Fsp3) is 0.286. The second kappa shape index (κ2) is 9.60. The average Bonchev–Trinajstić information content (AvgIpc) is 3.36. The summed E-state index contributed by atoms with van der Waals surface area (Å²) >= 11 is 1.43. The van der Waals surface area contributed by atoms with Crippen LogP contribution in [0.4, 0.5) is 11.5 Å². The Morgan fingerprint density at radius 3 is 2.62 bits per heavy atom. The number of methoxy groups -OCH3 is 1. The number of benzene rings is 1. The molecule has 0 bridgehead atoms. The van der Waals surface area contributed by atoms with Crippen molar-refractivity contribution in [1.29, 1.82) is 0 Å². The number of piperazine rings is 1. The minimum atomic E-state index is -0.577. The van der Waals surface area contributed by atoms with Crippen LogP contribution in [0.3, 0.4) is 0 Å². The molecule has 0 aliphatic carbocycles. The van der Waals surface area contributed by atoms with Gasteiger partial charge in [0.15, 0.2) is 11.5 Å². The van der Waals surface area contributed by atoms with Crippen molar-refractivity contribution in [2.24, 2.45) is 0 Å². The predicted octanol–water partition coefficient (Wildman–Crippen LogP) is 3.00. The molecule has 1 saturated heterocycles. The molecule has 32 heavy (non-hydrogen) atoms. The van der Waals surface area contributed by atoms with Gasteiger partial charge in [-0.15, -0.1) is 11.3 Å². The van der Waals surface area contributed by atoms with Gasteiger partial charge in [0.2, 0.25) is 0 Å². The van der Waals surface area contributed by atoms with Crippen molar-refractivity contribution in [2.45, 2.75) is 6.61 Å². The van der Waals surface area contributed by atoms with E-state index in [2.05, 4.69) is 14.9 Å². The van der Waals surface area contributed by atoms with Crippen LogP contribution in [0.5, 0.6) is 11.5 Å². The van der Waals surface area contributed by atoms with E-state index in [9.17, 15) is 14.9 Å². The van der Waals surface area contributed by atoms with Crippen LogP contribution in [0.2, 0.25) is 0 Å². The Morgan fingerprint density at radius 2 is 2.00 bits per heavy atom. The van der Waals surface area contributed by atoms with Gasteiger partial charge in [0.25, 0.3) is 11.6 Å². The van der Waals surface area contributed by atoms with E-state index in [0.29, 0.717) is 31.9 Å². The standard InChI is InChI=1S/C21H21N5O5S/c1-30-18-10-16(17(26(28)29)11-19(18)31-12-15-13-32-14-23-15)21(27)25-8-6-24(7-9-25)20-4-2-3-5-22-20/h2-5,10-11,13-14H,6-9,12H2,1H3. The summed E-state index contributed by atoms with van der Waals surface area (Å²) in [4.78, 5) is 36.5. The number of nitro benzene ring substituents is 1. The van der Waals surface area contributed by atoms with Crippen LogP contribution in [0, 0.1) is 10.1 Å². The highest BCUT2D eigenvalue weighted by Gasteiger charge is 2.30.